The highest BCUT2D eigenvalue weighted by atomic mass is 35.5. The normalized spacial score (nSPS) is 17.3. The van der Waals surface area contributed by atoms with Crippen LogP contribution < -0.4 is 10.6 Å². The molecule has 0 saturated carbocycles. The summed E-state index contributed by atoms with van der Waals surface area (Å²) in [4.78, 5) is 12.3. The molecule has 0 spiro atoms. The summed E-state index contributed by atoms with van der Waals surface area (Å²) in [6, 6.07) is 2.08. The third-order valence-corrected chi connectivity index (χ3v) is 4.82. The van der Waals surface area contributed by atoms with E-state index in [0.717, 1.165) is 50.2 Å². The molecule has 1 saturated heterocycles. The van der Waals surface area contributed by atoms with Gasteiger partial charge < -0.3 is 5.32 Å². The van der Waals surface area contributed by atoms with Gasteiger partial charge in [-0.25, -0.2) is 0 Å². The maximum absolute atomic E-state index is 12.3. The Hall–Kier alpha value is -1.51. The summed E-state index contributed by atoms with van der Waals surface area (Å²) < 4.78 is 1.88. The van der Waals surface area contributed by atoms with Crippen LogP contribution in [0, 0.1) is 0 Å². The molecule has 1 aliphatic rings. The van der Waals surface area contributed by atoms with Crippen molar-refractivity contribution in [3.05, 3.63) is 23.0 Å². The number of piperidine rings is 1. The van der Waals surface area contributed by atoms with Crippen LogP contribution in [0.4, 0.5) is 5.13 Å². The van der Waals surface area contributed by atoms with Crippen molar-refractivity contribution in [1.82, 2.24) is 25.3 Å². The van der Waals surface area contributed by atoms with E-state index in [2.05, 4.69) is 32.9 Å². The molecular weight excluding hydrogens is 348 g/mol. The number of rotatable bonds is 6. The van der Waals surface area contributed by atoms with E-state index < -0.39 is 0 Å². The number of amides is 1. The van der Waals surface area contributed by atoms with Gasteiger partial charge in [0.2, 0.25) is 5.13 Å². The first kappa shape index (κ1) is 18.8. The van der Waals surface area contributed by atoms with Crippen molar-refractivity contribution in [3.63, 3.8) is 0 Å². The zero-order valence-corrected chi connectivity index (χ0v) is 15.3. The van der Waals surface area contributed by atoms with Crippen molar-refractivity contribution in [1.29, 1.82) is 0 Å². The van der Waals surface area contributed by atoms with E-state index in [0.29, 0.717) is 16.9 Å². The summed E-state index contributed by atoms with van der Waals surface area (Å²) in [5, 5.41) is 20.2. The molecule has 2 aromatic rings. The molecule has 0 bridgehead atoms. The molecule has 2 aromatic heterocycles. The van der Waals surface area contributed by atoms with Gasteiger partial charge in [0.05, 0.1) is 6.04 Å². The highest BCUT2D eigenvalue weighted by Gasteiger charge is 2.18. The first-order chi connectivity index (χ1) is 11.3. The molecule has 2 N–H and O–H groups in total. The van der Waals surface area contributed by atoms with Crippen LogP contribution in [0.25, 0.3) is 0 Å². The van der Waals surface area contributed by atoms with Crippen molar-refractivity contribution in [3.8, 4) is 0 Å². The van der Waals surface area contributed by atoms with Crippen molar-refractivity contribution in [2.45, 2.75) is 45.1 Å². The molecule has 132 valence electrons. The fraction of sp³-hybridized carbons (Fsp3) is 0.600. The second-order valence-corrected chi connectivity index (χ2v) is 6.80. The van der Waals surface area contributed by atoms with Crippen LogP contribution in [-0.4, -0.2) is 39.0 Å². The summed E-state index contributed by atoms with van der Waals surface area (Å²) in [5.74, 6) is -0.231. The summed E-state index contributed by atoms with van der Waals surface area (Å²) in [6.07, 6.45) is 7.22. The van der Waals surface area contributed by atoms with E-state index in [1.807, 2.05) is 10.9 Å². The van der Waals surface area contributed by atoms with Crippen LogP contribution in [0.5, 0.6) is 0 Å². The number of hydrogen-bond acceptors (Lipinski definition) is 6. The van der Waals surface area contributed by atoms with E-state index in [-0.39, 0.29) is 18.3 Å². The van der Waals surface area contributed by atoms with E-state index in [9.17, 15) is 4.79 Å². The smallest absolute Gasteiger partial charge is 0.277 e. The fourth-order valence-electron chi connectivity index (χ4n) is 2.62. The number of nitrogens with one attached hydrogen (secondary N) is 2. The number of halogens is 1. The number of unbranched alkanes of at least 4 members (excludes halogenated alkanes) is 1. The van der Waals surface area contributed by atoms with Gasteiger partial charge in [-0.3, -0.25) is 14.8 Å². The van der Waals surface area contributed by atoms with Gasteiger partial charge in [-0.2, -0.15) is 5.10 Å². The van der Waals surface area contributed by atoms with Crippen LogP contribution in [-0.2, 0) is 6.42 Å². The monoisotopic (exact) mass is 370 g/mol. The lowest BCUT2D eigenvalue weighted by molar-refractivity contribution is 0.102. The number of nitrogens with zero attached hydrogens (tertiary/aromatic N) is 4. The van der Waals surface area contributed by atoms with Crippen LogP contribution >= 0.6 is 23.7 Å². The highest BCUT2D eigenvalue weighted by molar-refractivity contribution is 7.15. The van der Waals surface area contributed by atoms with E-state index in [1.54, 1.807) is 6.07 Å². The first-order valence-corrected chi connectivity index (χ1v) is 8.97. The first-order valence-electron chi connectivity index (χ1n) is 8.16. The van der Waals surface area contributed by atoms with Crippen molar-refractivity contribution in [2.75, 3.05) is 18.4 Å². The largest absolute Gasteiger partial charge is 0.315 e. The number of aryl methyl sites for hydroxylation is 1. The summed E-state index contributed by atoms with van der Waals surface area (Å²) in [6.45, 7) is 4.10. The molecule has 0 aliphatic carbocycles. The number of carbonyl (C=O) groups is 1. The van der Waals surface area contributed by atoms with Crippen LogP contribution in [0.2, 0.25) is 0 Å². The summed E-state index contributed by atoms with van der Waals surface area (Å²) in [5.41, 5.74) is 0.417. The summed E-state index contributed by atoms with van der Waals surface area (Å²) >= 11 is 1.43. The fourth-order valence-corrected chi connectivity index (χ4v) is 3.39. The van der Waals surface area contributed by atoms with Gasteiger partial charge in [0.25, 0.3) is 5.91 Å². The maximum atomic E-state index is 12.3. The van der Waals surface area contributed by atoms with Crippen LogP contribution in [0.15, 0.2) is 12.3 Å². The number of hydrogen-bond donors (Lipinski definition) is 2. The quantitative estimate of drug-likeness (QED) is 0.816. The molecule has 1 atom stereocenters. The van der Waals surface area contributed by atoms with Gasteiger partial charge in [-0.05, 0) is 31.9 Å². The zero-order chi connectivity index (χ0) is 16.1. The van der Waals surface area contributed by atoms with E-state index in [1.165, 1.54) is 11.3 Å². The topological polar surface area (TPSA) is 84.7 Å². The second-order valence-electron chi connectivity index (χ2n) is 5.74. The van der Waals surface area contributed by atoms with Gasteiger partial charge in [0.1, 0.15) is 5.01 Å². The predicted molar refractivity (Wildman–Crippen MR) is 97.1 cm³/mol. The lowest BCUT2D eigenvalue weighted by atomic mass is 10.1. The van der Waals surface area contributed by atoms with Gasteiger partial charge >= 0.3 is 0 Å². The molecule has 1 fully saturated rings. The Kier molecular flexibility index (Phi) is 7.14. The molecule has 7 nitrogen and oxygen atoms in total. The summed E-state index contributed by atoms with van der Waals surface area (Å²) in [7, 11) is 0. The second kappa shape index (κ2) is 9.10. The average Bonchev–Trinajstić information content (AvgIpc) is 3.23. The van der Waals surface area contributed by atoms with Crippen molar-refractivity contribution in [2.24, 2.45) is 0 Å². The molecule has 9 heteroatoms. The SMILES string of the molecule is CCCCc1nnc(NC(=O)c2ccn(C3CCCNC3)n2)s1.Cl. The Labute approximate surface area is 151 Å². The lowest BCUT2D eigenvalue weighted by Crippen LogP contribution is -2.32. The average molecular weight is 371 g/mol. The molecule has 0 radical (unpaired) electrons. The minimum Gasteiger partial charge on any atom is -0.315 e. The minimum atomic E-state index is -0.231. The van der Waals surface area contributed by atoms with Crippen LogP contribution in [0.1, 0.15) is 54.1 Å². The predicted octanol–water partition coefficient (Wildman–Crippen LogP) is 2.68. The Bertz CT molecular complexity index is 652. The number of carbonyl (C=O) groups excluding carboxylic acids is 1. The van der Waals surface area contributed by atoms with Gasteiger partial charge in [0.15, 0.2) is 5.69 Å². The molecule has 1 unspecified atom stereocenters. The standard InChI is InChI=1S/C15H22N6OS.ClH/c1-2-3-6-13-18-19-15(23-13)17-14(22)12-7-9-21(20-12)11-5-4-8-16-10-11;/h7,9,11,16H,2-6,8,10H2,1H3,(H,17,19,22);1H. The zero-order valence-electron chi connectivity index (χ0n) is 13.7. The number of aromatic nitrogens is 4. The third-order valence-electron chi connectivity index (χ3n) is 3.92. The van der Waals surface area contributed by atoms with E-state index >= 15 is 0 Å². The number of anilines is 1. The van der Waals surface area contributed by atoms with Crippen molar-refractivity contribution >= 4 is 34.8 Å². The minimum absolute atomic E-state index is 0. The third kappa shape index (κ3) is 4.75. The van der Waals surface area contributed by atoms with Crippen molar-refractivity contribution < 1.29 is 4.79 Å². The van der Waals surface area contributed by atoms with Gasteiger partial charge in [-0.15, -0.1) is 22.6 Å². The molecule has 3 rings (SSSR count). The Balaban J connectivity index is 0.00000208. The van der Waals surface area contributed by atoms with Gasteiger partial charge in [-0.1, -0.05) is 24.7 Å². The molecule has 0 aromatic carbocycles. The molecular formula is C15H23ClN6OS. The van der Waals surface area contributed by atoms with Gasteiger partial charge in [0, 0.05) is 19.2 Å². The molecule has 1 amide bonds. The maximum Gasteiger partial charge on any atom is 0.277 e. The highest BCUT2D eigenvalue weighted by Crippen LogP contribution is 2.19. The molecule has 24 heavy (non-hydrogen) atoms. The Morgan fingerprint density at radius 1 is 1.50 bits per heavy atom. The molecule has 1 aliphatic heterocycles. The van der Waals surface area contributed by atoms with Crippen LogP contribution in [0.3, 0.4) is 0 Å². The lowest BCUT2D eigenvalue weighted by Gasteiger charge is -2.22. The Morgan fingerprint density at radius 2 is 2.38 bits per heavy atom. The molecule has 3 heterocycles. The van der Waals surface area contributed by atoms with E-state index in [4.69, 9.17) is 0 Å². The Morgan fingerprint density at radius 3 is 3.12 bits per heavy atom.